The Morgan fingerprint density at radius 2 is 1.93 bits per heavy atom. The van der Waals surface area contributed by atoms with Crippen molar-refractivity contribution in [1.82, 2.24) is 19.7 Å². The fraction of sp³-hybridized carbons (Fsp3) is 0.318. The number of carbonyl (C=O) groups is 1. The van der Waals surface area contributed by atoms with E-state index in [0.717, 1.165) is 17.5 Å². The lowest BCUT2D eigenvalue weighted by molar-refractivity contribution is -0.127. The van der Waals surface area contributed by atoms with Gasteiger partial charge >= 0.3 is 0 Å². The summed E-state index contributed by atoms with van der Waals surface area (Å²) < 4.78 is 20.8. The molecule has 0 saturated carbocycles. The van der Waals surface area contributed by atoms with Crippen LogP contribution in [0.3, 0.4) is 0 Å². The third-order valence-electron chi connectivity index (χ3n) is 4.70. The van der Waals surface area contributed by atoms with Crippen molar-refractivity contribution in [3.05, 3.63) is 71.3 Å². The monoisotopic (exact) mass is 428 g/mol. The summed E-state index contributed by atoms with van der Waals surface area (Å²) in [5.74, 6) is 0.798. The van der Waals surface area contributed by atoms with E-state index in [9.17, 15) is 9.18 Å². The Balaban J connectivity index is 1.59. The van der Waals surface area contributed by atoms with Gasteiger partial charge in [0.1, 0.15) is 5.82 Å². The molecule has 0 bridgehead atoms. The number of methoxy groups -OCH3 is 1. The Bertz CT molecular complexity index is 994. The van der Waals surface area contributed by atoms with E-state index in [0.29, 0.717) is 18.5 Å². The van der Waals surface area contributed by atoms with Crippen LogP contribution >= 0.6 is 11.8 Å². The van der Waals surface area contributed by atoms with Crippen LogP contribution in [0.25, 0.3) is 0 Å². The van der Waals surface area contributed by atoms with E-state index in [1.165, 1.54) is 30.5 Å². The molecule has 1 amide bonds. The molecule has 0 aliphatic heterocycles. The molecule has 3 aromatic rings. The molecular formula is C22H25FN4O2S. The van der Waals surface area contributed by atoms with Crippen molar-refractivity contribution in [2.75, 3.05) is 19.9 Å². The van der Waals surface area contributed by atoms with Gasteiger partial charge in [0, 0.05) is 26.6 Å². The van der Waals surface area contributed by atoms with E-state index in [1.807, 2.05) is 29.7 Å². The van der Waals surface area contributed by atoms with Gasteiger partial charge in [0.15, 0.2) is 16.7 Å². The molecule has 0 aliphatic rings. The molecule has 158 valence electrons. The minimum Gasteiger partial charge on any atom is -0.494 e. The number of hydrogen-bond acceptors (Lipinski definition) is 5. The number of halogens is 1. The van der Waals surface area contributed by atoms with Gasteiger partial charge in [0.2, 0.25) is 5.91 Å². The van der Waals surface area contributed by atoms with Crippen molar-refractivity contribution >= 4 is 17.7 Å². The Morgan fingerprint density at radius 1 is 1.17 bits per heavy atom. The zero-order valence-corrected chi connectivity index (χ0v) is 18.2. The number of benzene rings is 2. The molecule has 0 spiro atoms. The van der Waals surface area contributed by atoms with Crippen molar-refractivity contribution < 1.29 is 13.9 Å². The van der Waals surface area contributed by atoms with E-state index in [1.54, 1.807) is 24.1 Å². The molecule has 0 fully saturated rings. The molecular weight excluding hydrogens is 403 g/mol. The number of ether oxygens (including phenoxy) is 1. The molecule has 0 radical (unpaired) electrons. The highest BCUT2D eigenvalue weighted by Gasteiger charge is 2.16. The highest BCUT2D eigenvalue weighted by Crippen LogP contribution is 2.21. The van der Waals surface area contributed by atoms with Crippen molar-refractivity contribution in [3.8, 4) is 5.75 Å². The number of rotatable bonds is 9. The van der Waals surface area contributed by atoms with Gasteiger partial charge < -0.3 is 14.2 Å². The summed E-state index contributed by atoms with van der Waals surface area (Å²) in [5.41, 5.74) is 1.87. The molecule has 0 aliphatic carbocycles. The number of hydrogen-bond donors (Lipinski definition) is 0. The first-order valence-corrected chi connectivity index (χ1v) is 10.7. The van der Waals surface area contributed by atoms with Crippen LogP contribution in [0.5, 0.6) is 5.75 Å². The largest absolute Gasteiger partial charge is 0.494 e. The highest BCUT2D eigenvalue weighted by atomic mass is 32.2. The second-order valence-corrected chi connectivity index (χ2v) is 7.76. The van der Waals surface area contributed by atoms with Crippen LogP contribution in [-0.2, 0) is 24.3 Å². The Morgan fingerprint density at radius 3 is 2.60 bits per heavy atom. The molecule has 0 atom stereocenters. The number of aromatic nitrogens is 3. The second kappa shape index (κ2) is 10.2. The summed E-state index contributed by atoms with van der Waals surface area (Å²) >= 11 is 1.36. The van der Waals surface area contributed by atoms with Crippen LogP contribution in [0, 0.1) is 5.82 Å². The maximum Gasteiger partial charge on any atom is 0.233 e. The fourth-order valence-corrected chi connectivity index (χ4v) is 4.02. The van der Waals surface area contributed by atoms with E-state index in [-0.39, 0.29) is 17.4 Å². The molecule has 8 heteroatoms. The van der Waals surface area contributed by atoms with Crippen LogP contribution in [-0.4, -0.2) is 45.5 Å². The van der Waals surface area contributed by atoms with Gasteiger partial charge in [-0.3, -0.25) is 4.79 Å². The second-order valence-electron chi connectivity index (χ2n) is 6.81. The summed E-state index contributed by atoms with van der Waals surface area (Å²) in [6.45, 7) is 3.08. The van der Waals surface area contributed by atoms with Gasteiger partial charge in [-0.25, -0.2) is 4.39 Å². The van der Waals surface area contributed by atoms with Crippen molar-refractivity contribution in [2.24, 2.45) is 0 Å². The molecule has 6 nitrogen and oxygen atoms in total. The average molecular weight is 429 g/mol. The smallest absolute Gasteiger partial charge is 0.233 e. The van der Waals surface area contributed by atoms with Crippen LogP contribution in [0.2, 0.25) is 0 Å². The first kappa shape index (κ1) is 21.8. The maximum absolute atomic E-state index is 13.9. The predicted octanol–water partition coefficient (Wildman–Crippen LogP) is 3.79. The van der Waals surface area contributed by atoms with Crippen molar-refractivity contribution in [3.63, 3.8) is 0 Å². The molecule has 1 aromatic heterocycles. The zero-order chi connectivity index (χ0) is 21.5. The molecule has 0 N–H and O–H groups in total. The van der Waals surface area contributed by atoms with Gasteiger partial charge in [-0.1, -0.05) is 48.2 Å². The Hall–Kier alpha value is -2.87. The van der Waals surface area contributed by atoms with E-state index in [4.69, 9.17) is 4.74 Å². The summed E-state index contributed by atoms with van der Waals surface area (Å²) in [7, 11) is 3.13. The summed E-state index contributed by atoms with van der Waals surface area (Å²) in [6.07, 6.45) is 0.694. The lowest BCUT2D eigenvalue weighted by Crippen LogP contribution is -2.28. The van der Waals surface area contributed by atoms with Gasteiger partial charge in [0.05, 0.1) is 12.9 Å². The summed E-state index contributed by atoms with van der Waals surface area (Å²) in [6, 6.07) is 14.8. The van der Waals surface area contributed by atoms with Gasteiger partial charge in [-0.05, 0) is 30.2 Å². The lowest BCUT2D eigenvalue weighted by atomic mass is 10.1. The van der Waals surface area contributed by atoms with E-state index in [2.05, 4.69) is 22.3 Å². The molecule has 30 heavy (non-hydrogen) atoms. The summed E-state index contributed by atoms with van der Waals surface area (Å²) in [5, 5.41) is 9.31. The quantitative estimate of drug-likeness (QED) is 0.486. The topological polar surface area (TPSA) is 60.2 Å². The third kappa shape index (κ3) is 5.38. The predicted molar refractivity (Wildman–Crippen MR) is 115 cm³/mol. The van der Waals surface area contributed by atoms with Crippen LogP contribution in [0.1, 0.15) is 23.9 Å². The van der Waals surface area contributed by atoms with Gasteiger partial charge in [0.25, 0.3) is 0 Å². The highest BCUT2D eigenvalue weighted by molar-refractivity contribution is 7.99. The fourth-order valence-electron chi connectivity index (χ4n) is 3.06. The minimum absolute atomic E-state index is 0.0634. The third-order valence-corrected chi connectivity index (χ3v) is 5.65. The zero-order valence-electron chi connectivity index (χ0n) is 17.3. The molecule has 2 aromatic carbocycles. The molecule has 0 unspecified atom stereocenters. The van der Waals surface area contributed by atoms with Crippen LogP contribution in [0.4, 0.5) is 4.39 Å². The van der Waals surface area contributed by atoms with Crippen molar-refractivity contribution in [1.29, 1.82) is 0 Å². The lowest BCUT2D eigenvalue weighted by Gasteiger charge is -2.17. The summed E-state index contributed by atoms with van der Waals surface area (Å²) in [4.78, 5) is 14.1. The Labute approximate surface area is 180 Å². The number of carbonyl (C=O) groups excluding carboxylic acids is 1. The normalized spacial score (nSPS) is 10.8. The number of amides is 1. The van der Waals surface area contributed by atoms with Gasteiger partial charge in [-0.15, -0.1) is 10.2 Å². The van der Waals surface area contributed by atoms with Crippen LogP contribution in [0.15, 0.2) is 53.7 Å². The van der Waals surface area contributed by atoms with Crippen LogP contribution < -0.4 is 4.74 Å². The molecule has 3 rings (SSSR count). The van der Waals surface area contributed by atoms with Crippen molar-refractivity contribution in [2.45, 2.75) is 31.6 Å². The maximum atomic E-state index is 13.9. The number of nitrogens with zero attached hydrogens (tertiary/aromatic N) is 4. The van der Waals surface area contributed by atoms with E-state index < -0.39 is 5.82 Å². The first-order valence-electron chi connectivity index (χ1n) is 9.67. The minimum atomic E-state index is -0.438. The molecule has 1 heterocycles. The molecule has 0 saturated heterocycles. The average Bonchev–Trinajstić information content (AvgIpc) is 3.14. The standard InChI is InChI=1S/C22H25FN4O2S/c1-4-27-20(13-16-8-6-5-7-9-16)24-25-22(27)30-15-21(28)26(2)14-17-10-11-19(29-3)18(23)12-17/h5-12H,4,13-15H2,1-3H3. The van der Waals surface area contributed by atoms with Gasteiger partial charge in [-0.2, -0.15) is 0 Å². The SMILES string of the molecule is CCn1c(Cc2ccccc2)nnc1SCC(=O)N(C)Cc1ccc(OC)c(F)c1. The van der Waals surface area contributed by atoms with E-state index >= 15 is 0 Å². The first-order chi connectivity index (χ1) is 14.5. The number of thioether (sulfide) groups is 1. The Kier molecular flexibility index (Phi) is 7.46.